The van der Waals surface area contributed by atoms with Crippen LogP contribution in [0.5, 0.6) is 0 Å². The molecule has 0 radical (unpaired) electrons. The molecule has 1 saturated heterocycles. The van der Waals surface area contributed by atoms with Gasteiger partial charge in [-0.1, -0.05) is 6.07 Å². The molecular weight excluding hydrogens is 140 g/mol. The predicted molar refractivity (Wildman–Crippen MR) is 39.8 cm³/mol. The van der Waals surface area contributed by atoms with Gasteiger partial charge in [0.15, 0.2) is 0 Å². The van der Waals surface area contributed by atoms with Crippen molar-refractivity contribution >= 4 is 0 Å². The Balaban J connectivity index is 0.000000167. The molecule has 0 spiro atoms. The molecule has 2 heterocycles. The monoisotopic (exact) mass is 148 g/mol. The van der Waals surface area contributed by atoms with Gasteiger partial charge in [-0.05, 0) is 12.1 Å². The minimum Gasteiger partial charge on any atom is -0.377 e. The summed E-state index contributed by atoms with van der Waals surface area (Å²) in [7, 11) is 0. The zero-order chi connectivity index (χ0) is 7.94. The molecule has 1 aliphatic rings. The lowest BCUT2D eigenvalue weighted by Gasteiger charge is -1.79. The Morgan fingerprint density at radius 2 is 2.18 bits per heavy atom. The predicted octanol–water partition coefficient (Wildman–Crippen LogP) is 0.970. The van der Waals surface area contributed by atoms with E-state index in [1.807, 2.05) is 6.07 Å². The first kappa shape index (κ1) is 7.70. The quantitative estimate of drug-likeness (QED) is 0.515. The summed E-state index contributed by atoms with van der Waals surface area (Å²) in [6.45, 7) is 2.00. The summed E-state index contributed by atoms with van der Waals surface area (Å²) in [6, 6.07) is 7.14. The molecule has 2 rings (SSSR count). The second-order valence-corrected chi connectivity index (χ2v) is 1.94. The fourth-order valence-electron chi connectivity index (χ4n) is 0.429. The van der Waals surface area contributed by atoms with E-state index in [0.29, 0.717) is 5.69 Å². The standard InChI is InChI=1S/C6H4N2.C2H4O/c7-5-6-3-1-2-4-8-6;1-2-3-1/h1-4H;1-2H2. The van der Waals surface area contributed by atoms with Gasteiger partial charge in [-0.3, -0.25) is 0 Å². The van der Waals surface area contributed by atoms with E-state index in [1.54, 1.807) is 24.4 Å². The molecule has 1 aromatic rings. The van der Waals surface area contributed by atoms with Crippen LogP contribution in [-0.4, -0.2) is 18.2 Å². The number of ether oxygens (including phenoxy) is 1. The maximum Gasteiger partial charge on any atom is 0.140 e. The molecule has 1 aromatic heterocycles. The lowest BCUT2D eigenvalue weighted by Crippen LogP contribution is -1.75. The Morgan fingerprint density at radius 1 is 1.45 bits per heavy atom. The second kappa shape index (κ2) is 4.42. The normalized spacial score (nSPS) is 12.3. The highest BCUT2D eigenvalue weighted by atomic mass is 16.6. The molecule has 0 amide bonds. The summed E-state index contributed by atoms with van der Waals surface area (Å²) in [5.41, 5.74) is 0.465. The van der Waals surface area contributed by atoms with Gasteiger partial charge in [-0.2, -0.15) is 5.26 Å². The van der Waals surface area contributed by atoms with Gasteiger partial charge in [-0.25, -0.2) is 4.98 Å². The highest BCUT2D eigenvalue weighted by Gasteiger charge is 1.94. The van der Waals surface area contributed by atoms with Crippen LogP contribution in [0.15, 0.2) is 24.4 Å². The lowest BCUT2D eigenvalue weighted by molar-refractivity contribution is 0.475. The van der Waals surface area contributed by atoms with E-state index in [1.165, 1.54) is 0 Å². The summed E-state index contributed by atoms with van der Waals surface area (Å²) in [5, 5.41) is 8.23. The van der Waals surface area contributed by atoms with Crippen molar-refractivity contribution in [2.75, 3.05) is 13.2 Å². The number of epoxide rings is 1. The third-order valence-corrected chi connectivity index (χ3v) is 0.984. The smallest absolute Gasteiger partial charge is 0.140 e. The Morgan fingerprint density at radius 3 is 2.45 bits per heavy atom. The van der Waals surface area contributed by atoms with Crippen LogP contribution in [-0.2, 0) is 4.74 Å². The molecule has 0 atom stereocenters. The molecule has 3 heteroatoms. The van der Waals surface area contributed by atoms with Gasteiger partial charge in [0.1, 0.15) is 11.8 Å². The molecule has 0 unspecified atom stereocenters. The average Bonchev–Trinajstić information content (AvgIpc) is 2.92. The van der Waals surface area contributed by atoms with Gasteiger partial charge in [-0.15, -0.1) is 0 Å². The molecule has 56 valence electrons. The lowest BCUT2D eigenvalue weighted by atomic mass is 10.4. The van der Waals surface area contributed by atoms with Crippen molar-refractivity contribution in [3.05, 3.63) is 30.1 Å². The van der Waals surface area contributed by atoms with Gasteiger partial charge >= 0.3 is 0 Å². The molecule has 0 N–H and O–H groups in total. The molecule has 1 fully saturated rings. The molecule has 11 heavy (non-hydrogen) atoms. The zero-order valence-electron chi connectivity index (χ0n) is 6.03. The van der Waals surface area contributed by atoms with Crippen molar-refractivity contribution < 1.29 is 4.74 Å². The number of hydrogen-bond acceptors (Lipinski definition) is 3. The summed E-state index contributed by atoms with van der Waals surface area (Å²) in [5.74, 6) is 0. The molecule has 0 saturated carbocycles. The van der Waals surface area contributed by atoms with Gasteiger partial charge in [0.2, 0.25) is 0 Å². The Bertz CT molecular complexity index is 235. The van der Waals surface area contributed by atoms with Crippen LogP contribution < -0.4 is 0 Å². The molecule has 0 aromatic carbocycles. The Labute approximate surface area is 65.3 Å². The molecule has 1 aliphatic heterocycles. The maximum atomic E-state index is 8.23. The summed E-state index contributed by atoms with van der Waals surface area (Å²) >= 11 is 0. The van der Waals surface area contributed by atoms with Crippen LogP contribution in [0.25, 0.3) is 0 Å². The summed E-state index contributed by atoms with van der Waals surface area (Å²) in [6.07, 6.45) is 1.60. The van der Waals surface area contributed by atoms with Crippen molar-refractivity contribution in [1.82, 2.24) is 4.98 Å². The number of nitrogens with zero attached hydrogens (tertiary/aromatic N) is 2. The average molecular weight is 148 g/mol. The van der Waals surface area contributed by atoms with Crippen molar-refractivity contribution in [2.24, 2.45) is 0 Å². The largest absolute Gasteiger partial charge is 0.377 e. The van der Waals surface area contributed by atoms with Crippen LogP contribution in [0.1, 0.15) is 5.69 Å². The highest BCUT2D eigenvalue weighted by Crippen LogP contribution is 1.87. The number of nitriles is 1. The fourth-order valence-corrected chi connectivity index (χ4v) is 0.429. The van der Waals surface area contributed by atoms with Crippen LogP contribution in [0.4, 0.5) is 0 Å². The summed E-state index contributed by atoms with van der Waals surface area (Å²) in [4.78, 5) is 3.74. The second-order valence-electron chi connectivity index (χ2n) is 1.94. The number of pyridine rings is 1. The van der Waals surface area contributed by atoms with E-state index in [2.05, 4.69) is 9.72 Å². The fraction of sp³-hybridized carbons (Fsp3) is 0.250. The first-order chi connectivity index (χ1) is 5.43. The topological polar surface area (TPSA) is 49.2 Å². The number of hydrogen-bond donors (Lipinski definition) is 0. The van der Waals surface area contributed by atoms with E-state index in [0.717, 1.165) is 13.2 Å². The first-order valence-corrected chi connectivity index (χ1v) is 3.32. The van der Waals surface area contributed by atoms with Crippen LogP contribution in [0.2, 0.25) is 0 Å². The number of aromatic nitrogens is 1. The van der Waals surface area contributed by atoms with Gasteiger partial charge in [0.25, 0.3) is 0 Å². The minimum absolute atomic E-state index is 0.465. The number of rotatable bonds is 0. The Kier molecular flexibility index (Phi) is 3.10. The maximum absolute atomic E-state index is 8.23. The van der Waals surface area contributed by atoms with Gasteiger partial charge in [0, 0.05) is 6.20 Å². The van der Waals surface area contributed by atoms with E-state index in [4.69, 9.17) is 5.26 Å². The zero-order valence-corrected chi connectivity index (χ0v) is 6.03. The van der Waals surface area contributed by atoms with E-state index in [9.17, 15) is 0 Å². The van der Waals surface area contributed by atoms with E-state index < -0.39 is 0 Å². The summed E-state index contributed by atoms with van der Waals surface area (Å²) < 4.78 is 4.50. The van der Waals surface area contributed by atoms with E-state index in [-0.39, 0.29) is 0 Å². The van der Waals surface area contributed by atoms with Crippen molar-refractivity contribution in [3.63, 3.8) is 0 Å². The third kappa shape index (κ3) is 4.06. The van der Waals surface area contributed by atoms with Crippen LogP contribution in [0.3, 0.4) is 0 Å². The molecule has 0 bridgehead atoms. The van der Waals surface area contributed by atoms with Gasteiger partial charge < -0.3 is 4.74 Å². The van der Waals surface area contributed by atoms with Crippen molar-refractivity contribution in [1.29, 1.82) is 5.26 Å². The van der Waals surface area contributed by atoms with E-state index >= 15 is 0 Å². The van der Waals surface area contributed by atoms with Gasteiger partial charge in [0.05, 0.1) is 13.2 Å². The van der Waals surface area contributed by atoms with Crippen molar-refractivity contribution in [2.45, 2.75) is 0 Å². The molecule has 0 aliphatic carbocycles. The minimum atomic E-state index is 0.465. The van der Waals surface area contributed by atoms with Crippen LogP contribution in [0, 0.1) is 11.3 Å². The highest BCUT2D eigenvalue weighted by molar-refractivity contribution is 5.18. The molecular formula is C8H8N2O. The third-order valence-electron chi connectivity index (χ3n) is 0.984. The molecule has 3 nitrogen and oxygen atoms in total. The Hall–Kier alpha value is -1.40. The SMILES string of the molecule is C1CO1.N#Cc1ccccn1. The first-order valence-electron chi connectivity index (χ1n) is 3.32. The van der Waals surface area contributed by atoms with Crippen LogP contribution >= 0.6 is 0 Å². The van der Waals surface area contributed by atoms with Crippen molar-refractivity contribution in [3.8, 4) is 6.07 Å².